The number of aromatic nitrogens is 3. The minimum Gasteiger partial charge on any atom is -0.325 e. The molecular formula is C25H23N5S. The molecule has 0 atom stereocenters. The zero-order chi connectivity index (χ0) is 20.9. The van der Waals surface area contributed by atoms with E-state index in [1.54, 1.807) is 17.5 Å². The minimum absolute atomic E-state index is 0.766. The Morgan fingerprint density at radius 1 is 0.935 bits per heavy atom. The highest BCUT2D eigenvalue weighted by Gasteiger charge is 2.13. The first-order valence-corrected chi connectivity index (χ1v) is 11.3. The van der Waals surface area contributed by atoms with Crippen molar-refractivity contribution >= 4 is 28.5 Å². The second-order valence-electron chi connectivity index (χ2n) is 7.50. The fourth-order valence-corrected chi connectivity index (χ4v) is 4.33. The molecule has 0 unspecified atom stereocenters. The summed E-state index contributed by atoms with van der Waals surface area (Å²) in [7, 11) is 0. The van der Waals surface area contributed by atoms with Crippen molar-refractivity contribution in [2.75, 3.05) is 18.4 Å². The number of rotatable bonds is 6. The van der Waals surface area contributed by atoms with Gasteiger partial charge in [-0.05, 0) is 41.3 Å². The van der Waals surface area contributed by atoms with Gasteiger partial charge in [-0.1, -0.05) is 48.5 Å². The molecule has 0 fully saturated rings. The highest BCUT2D eigenvalue weighted by molar-refractivity contribution is 7.13. The van der Waals surface area contributed by atoms with E-state index in [2.05, 4.69) is 67.6 Å². The zero-order valence-electron chi connectivity index (χ0n) is 17.1. The summed E-state index contributed by atoms with van der Waals surface area (Å²) in [6, 6.07) is 20.7. The van der Waals surface area contributed by atoms with Crippen LogP contribution < -0.4 is 5.32 Å². The number of anilines is 2. The van der Waals surface area contributed by atoms with Gasteiger partial charge in [0, 0.05) is 37.4 Å². The van der Waals surface area contributed by atoms with Crippen molar-refractivity contribution in [3.05, 3.63) is 95.6 Å². The van der Waals surface area contributed by atoms with Gasteiger partial charge in [0.15, 0.2) is 0 Å². The lowest BCUT2D eigenvalue weighted by atomic mass is 9.99. The number of thiazole rings is 1. The van der Waals surface area contributed by atoms with Crippen molar-refractivity contribution < 1.29 is 0 Å². The Bertz CT molecular complexity index is 1150. The molecule has 0 bridgehead atoms. The molecule has 0 saturated heterocycles. The summed E-state index contributed by atoms with van der Waals surface area (Å²) in [6.07, 6.45) is 7.17. The molecule has 5 nitrogen and oxygen atoms in total. The molecular weight excluding hydrogens is 402 g/mol. The quantitative estimate of drug-likeness (QED) is 0.434. The second kappa shape index (κ2) is 9.20. The number of benzene rings is 1. The Morgan fingerprint density at radius 3 is 2.61 bits per heavy atom. The van der Waals surface area contributed by atoms with Gasteiger partial charge < -0.3 is 5.32 Å². The van der Waals surface area contributed by atoms with Crippen LogP contribution in [-0.2, 0) is 6.54 Å². The summed E-state index contributed by atoms with van der Waals surface area (Å²) in [5, 5.41) is 6.16. The first kappa shape index (κ1) is 19.6. The van der Waals surface area contributed by atoms with Crippen LogP contribution in [0.4, 0.5) is 11.6 Å². The smallest absolute Gasteiger partial charge is 0.141 e. The predicted octanol–water partition coefficient (Wildman–Crippen LogP) is 5.63. The van der Waals surface area contributed by atoms with Crippen LogP contribution >= 0.6 is 11.3 Å². The molecule has 1 aliphatic rings. The monoisotopic (exact) mass is 425 g/mol. The van der Waals surface area contributed by atoms with Crippen LogP contribution in [0.1, 0.15) is 17.5 Å². The molecule has 5 rings (SSSR count). The number of pyridine rings is 2. The fourth-order valence-electron chi connectivity index (χ4n) is 3.72. The van der Waals surface area contributed by atoms with Crippen LogP contribution in [0.2, 0.25) is 0 Å². The predicted molar refractivity (Wildman–Crippen MR) is 127 cm³/mol. The van der Waals surface area contributed by atoms with Crippen LogP contribution in [0.15, 0.2) is 84.5 Å². The third-order valence-corrected chi connectivity index (χ3v) is 6.12. The summed E-state index contributed by atoms with van der Waals surface area (Å²) in [6.45, 7) is 2.94. The maximum absolute atomic E-state index is 4.64. The summed E-state index contributed by atoms with van der Waals surface area (Å²) in [5.74, 6) is 1.56. The molecule has 0 saturated carbocycles. The standard InChI is InChI=1S/C25H23N5S/c1-2-5-20(6-3-1)21-11-14-30(15-12-21)18-19-9-10-23(27-17-19)29-24-8-4-7-22(28-24)25-26-13-16-31-25/h1-11,13,16-17H,12,14-15,18H2,(H,27,28,29). The first-order chi connectivity index (χ1) is 15.3. The molecule has 3 aromatic heterocycles. The molecule has 0 spiro atoms. The van der Waals surface area contributed by atoms with Crippen LogP contribution in [0.5, 0.6) is 0 Å². The molecule has 4 aromatic rings. The highest BCUT2D eigenvalue weighted by Crippen LogP contribution is 2.24. The second-order valence-corrected chi connectivity index (χ2v) is 8.40. The molecule has 0 aliphatic carbocycles. The van der Waals surface area contributed by atoms with Crippen LogP contribution in [0.25, 0.3) is 16.3 Å². The Hall–Kier alpha value is -3.35. The summed E-state index contributed by atoms with van der Waals surface area (Å²) < 4.78 is 0. The minimum atomic E-state index is 0.766. The fraction of sp³-hybridized carbons (Fsp3) is 0.160. The van der Waals surface area contributed by atoms with Gasteiger partial charge in [0.25, 0.3) is 0 Å². The van der Waals surface area contributed by atoms with Gasteiger partial charge >= 0.3 is 0 Å². The third kappa shape index (κ3) is 4.87. The van der Waals surface area contributed by atoms with Crippen molar-refractivity contribution in [2.24, 2.45) is 0 Å². The van der Waals surface area contributed by atoms with Crippen molar-refractivity contribution in [2.45, 2.75) is 13.0 Å². The number of hydrogen-bond donors (Lipinski definition) is 1. The lowest BCUT2D eigenvalue weighted by molar-refractivity contribution is 0.293. The number of hydrogen-bond acceptors (Lipinski definition) is 6. The SMILES string of the molecule is C1=C(c2ccccc2)CCN(Cc2ccc(Nc3cccc(-c4nccs4)n3)nc2)C1. The van der Waals surface area contributed by atoms with Gasteiger partial charge in [-0.15, -0.1) is 11.3 Å². The average Bonchev–Trinajstić information content (AvgIpc) is 3.37. The molecule has 1 aromatic carbocycles. The normalized spacial score (nSPS) is 14.3. The van der Waals surface area contributed by atoms with Crippen LogP contribution in [-0.4, -0.2) is 32.9 Å². The van der Waals surface area contributed by atoms with E-state index in [0.717, 1.165) is 48.4 Å². The molecule has 4 heterocycles. The van der Waals surface area contributed by atoms with E-state index in [9.17, 15) is 0 Å². The molecule has 1 aliphatic heterocycles. The summed E-state index contributed by atoms with van der Waals surface area (Å²) in [4.78, 5) is 16.0. The molecule has 1 N–H and O–H groups in total. The average molecular weight is 426 g/mol. The molecule has 6 heteroatoms. The Morgan fingerprint density at radius 2 is 1.87 bits per heavy atom. The van der Waals surface area contributed by atoms with E-state index in [-0.39, 0.29) is 0 Å². The number of nitrogens with zero attached hydrogens (tertiary/aromatic N) is 4. The van der Waals surface area contributed by atoms with Gasteiger partial charge in [-0.3, -0.25) is 4.90 Å². The lowest BCUT2D eigenvalue weighted by Gasteiger charge is -2.26. The highest BCUT2D eigenvalue weighted by atomic mass is 32.1. The van der Waals surface area contributed by atoms with E-state index in [0.29, 0.717) is 0 Å². The molecule has 154 valence electrons. The van der Waals surface area contributed by atoms with Crippen molar-refractivity contribution in [3.63, 3.8) is 0 Å². The van der Waals surface area contributed by atoms with Crippen molar-refractivity contribution in [1.29, 1.82) is 0 Å². The molecule has 0 radical (unpaired) electrons. The van der Waals surface area contributed by atoms with Crippen molar-refractivity contribution in [3.8, 4) is 10.7 Å². The topological polar surface area (TPSA) is 53.9 Å². The van der Waals surface area contributed by atoms with E-state index in [4.69, 9.17) is 0 Å². The van der Waals surface area contributed by atoms with Crippen LogP contribution in [0, 0.1) is 0 Å². The van der Waals surface area contributed by atoms with E-state index in [1.165, 1.54) is 16.7 Å². The molecule has 0 amide bonds. The van der Waals surface area contributed by atoms with Gasteiger partial charge in [-0.2, -0.15) is 0 Å². The lowest BCUT2D eigenvalue weighted by Crippen LogP contribution is -2.28. The zero-order valence-corrected chi connectivity index (χ0v) is 17.9. The Balaban J connectivity index is 1.19. The maximum Gasteiger partial charge on any atom is 0.141 e. The van der Waals surface area contributed by atoms with Gasteiger partial charge in [0.1, 0.15) is 22.3 Å². The first-order valence-electron chi connectivity index (χ1n) is 10.4. The van der Waals surface area contributed by atoms with E-state index in [1.807, 2.05) is 35.8 Å². The largest absolute Gasteiger partial charge is 0.325 e. The summed E-state index contributed by atoms with van der Waals surface area (Å²) in [5.41, 5.74) is 4.87. The van der Waals surface area contributed by atoms with Gasteiger partial charge in [0.05, 0.1) is 0 Å². The maximum atomic E-state index is 4.64. The van der Waals surface area contributed by atoms with Gasteiger partial charge in [0.2, 0.25) is 0 Å². The van der Waals surface area contributed by atoms with E-state index < -0.39 is 0 Å². The molecule has 31 heavy (non-hydrogen) atoms. The van der Waals surface area contributed by atoms with Crippen LogP contribution in [0.3, 0.4) is 0 Å². The Labute approximate surface area is 186 Å². The Kier molecular flexibility index (Phi) is 5.82. The third-order valence-electron chi connectivity index (χ3n) is 5.33. The van der Waals surface area contributed by atoms with E-state index >= 15 is 0 Å². The van der Waals surface area contributed by atoms with Crippen molar-refractivity contribution in [1.82, 2.24) is 19.9 Å². The van der Waals surface area contributed by atoms with Gasteiger partial charge in [-0.25, -0.2) is 15.0 Å². The summed E-state index contributed by atoms with van der Waals surface area (Å²) >= 11 is 1.58. The number of nitrogens with one attached hydrogen (secondary N) is 1.